The second-order valence-electron chi connectivity index (χ2n) is 3.07. The third-order valence-corrected chi connectivity index (χ3v) is 4.00. The summed E-state index contributed by atoms with van der Waals surface area (Å²) in [5.74, 6) is -0.451. The van der Waals surface area contributed by atoms with Crippen molar-refractivity contribution in [2.24, 2.45) is 0 Å². The van der Waals surface area contributed by atoms with Gasteiger partial charge in [-0.3, -0.25) is 4.57 Å². The van der Waals surface area contributed by atoms with Crippen LogP contribution in [0, 0.1) is 0 Å². The Balaban J connectivity index is 3.14. The smallest absolute Gasteiger partial charge is 0.337 e. The van der Waals surface area contributed by atoms with E-state index < -0.39 is 13.3 Å². The lowest BCUT2D eigenvalue weighted by Gasteiger charge is -2.11. The number of carbonyl (C=O) groups excluding carboxylic acids is 1. The van der Waals surface area contributed by atoms with Crippen molar-refractivity contribution in [3.05, 3.63) is 29.8 Å². The Morgan fingerprint density at radius 1 is 1.33 bits per heavy atom. The summed E-state index contributed by atoms with van der Waals surface area (Å²) in [6, 6.07) is 6.44. The van der Waals surface area contributed by atoms with Crippen molar-refractivity contribution in [2.45, 2.75) is 0 Å². The van der Waals surface area contributed by atoms with E-state index in [0.717, 1.165) is 0 Å². The zero-order valence-electron chi connectivity index (χ0n) is 8.89. The number of rotatable bonds is 3. The molecule has 1 rings (SSSR count). The van der Waals surface area contributed by atoms with Crippen molar-refractivity contribution in [1.29, 1.82) is 0 Å². The molecule has 0 bridgehead atoms. The van der Waals surface area contributed by atoms with Gasteiger partial charge in [-0.1, -0.05) is 6.07 Å². The molecule has 0 aromatic heterocycles. The molecule has 0 heterocycles. The lowest BCUT2D eigenvalue weighted by Crippen LogP contribution is -2.09. The molecule has 0 spiro atoms. The second kappa shape index (κ2) is 4.60. The lowest BCUT2D eigenvalue weighted by molar-refractivity contribution is 0.0601. The fraction of sp³-hybridized carbons (Fsp3) is 0.300. The summed E-state index contributed by atoms with van der Waals surface area (Å²) < 4.78 is 21.3. The van der Waals surface area contributed by atoms with Crippen LogP contribution in [-0.4, -0.2) is 26.9 Å². The van der Waals surface area contributed by atoms with Crippen LogP contribution in [0.4, 0.5) is 0 Å². The van der Waals surface area contributed by atoms with Crippen LogP contribution in [0.5, 0.6) is 0 Å². The molecule has 0 saturated carbocycles. The predicted octanol–water partition coefficient (Wildman–Crippen LogP) is 1.65. The van der Waals surface area contributed by atoms with E-state index in [9.17, 15) is 9.36 Å². The minimum atomic E-state index is -2.81. The molecule has 0 radical (unpaired) electrons. The number of carbonyl (C=O) groups is 1. The van der Waals surface area contributed by atoms with Gasteiger partial charge in [-0.2, -0.15) is 0 Å². The Morgan fingerprint density at radius 2 is 2.00 bits per heavy atom. The first-order valence-electron chi connectivity index (χ1n) is 4.33. The van der Waals surface area contributed by atoms with Crippen LogP contribution in [-0.2, 0) is 13.8 Å². The van der Waals surface area contributed by atoms with E-state index in [2.05, 4.69) is 4.74 Å². The van der Waals surface area contributed by atoms with Crippen LogP contribution >= 0.6 is 7.37 Å². The first-order valence-corrected chi connectivity index (χ1v) is 6.40. The molecule has 1 aromatic carbocycles. The highest BCUT2D eigenvalue weighted by Gasteiger charge is 2.18. The summed E-state index contributed by atoms with van der Waals surface area (Å²) in [4.78, 5) is 11.2. The average Bonchev–Trinajstić information content (AvgIpc) is 2.28. The molecule has 0 saturated heterocycles. The van der Waals surface area contributed by atoms with Crippen molar-refractivity contribution in [3.8, 4) is 0 Å². The third kappa shape index (κ3) is 2.67. The highest BCUT2D eigenvalue weighted by Crippen LogP contribution is 2.39. The number of methoxy groups -OCH3 is 1. The number of hydrogen-bond acceptors (Lipinski definition) is 4. The second-order valence-corrected chi connectivity index (χ2v) is 5.64. The molecule has 0 aliphatic rings. The molecule has 5 heteroatoms. The highest BCUT2D eigenvalue weighted by molar-refractivity contribution is 7.66. The zero-order valence-corrected chi connectivity index (χ0v) is 9.78. The number of benzene rings is 1. The van der Waals surface area contributed by atoms with Gasteiger partial charge in [0, 0.05) is 19.1 Å². The van der Waals surface area contributed by atoms with Gasteiger partial charge in [-0.25, -0.2) is 4.79 Å². The third-order valence-electron chi connectivity index (χ3n) is 2.08. The largest absolute Gasteiger partial charge is 0.465 e. The van der Waals surface area contributed by atoms with Crippen molar-refractivity contribution >= 4 is 18.6 Å². The molecule has 15 heavy (non-hydrogen) atoms. The van der Waals surface area contributed by atoms with E-state index >= 15 is 0 Å². The molecule has 0 aliphatic heterocycles. The van der Waals surface area contributed by atoms with E-state index in [4.69, 9.17) is 4.52 Å². The Kier molecular flexibility index (Phi) is 3.66. The lowest BCUT2D eigenvalue weighted by atomic mass is 10.2. The van der Waals surface area contributed by atoms with Crippen LogP contribution in [0.3, 0.4) is 0 Å². The van der Waals surface area contributed by atoms with E-state index in [0.29, 0.717) is 10.9 Å². The molecule has 1 unspecified atom stereocenters. The van der Waals surface area contributed by atoms with Crippen LogP contribution in [0.25, 0.3) is 0 Å². The summed E-state index contributed by atoms with van der Waals surface area (Å²) in [6.07, 6.45) is 0. The summed E-state index contributed by atoms with van der Waals surface area (Å²) in [5.41, 5.74) is 0.370. The van der Waals surface area contributed by atoms with E-state index in [1.54, 1.807) is 18.2 Å². The molecule has 82 valence electrons. The maximum atomic E-state index is 11.9. The summed E-state index contributed by atoms with van der Waals surface area (Å²) >= 11 is 0. The molecule has 0 N–H and O–H groups in total. The van der Waals surface area contributed by atoms with Crippen molar-refractivity contribution in [1.82, 2.24) is 0 Å². The van der Waals surface area contributed by atoms with Crippen LogP contribution in [0.2, 0.25) is 0 Å². The van der Waals surface area contributed by atoms with Gasteiger partial charge in [0.25, 0.3) is 0 Å². The molecule has 0 aliphatic carbocycles. The quantitative estimate of drug-likeness (QED) is 0.583. The molecular formula is C10H13O4P. The van der Waals surface area contributed by atoms with E-state index in [-0.39, 0.29) is 0 Å². The monoisotopic (exact) mass is 228 g/mol. The molecular weight excluding hydrogens is 215 g/mol. The maximum Gasteiger partial charge on any atom is 0.337 e. The van der Waals surface area contributed by atoms with Crippen LogP contribution < -0.4 is 5.30 Å². The number of hydrogen-bond donors (Lipinski definition) is 0. The number of esters is 1. The predicted molar refractivity (Wildman–Crippen MR) is 58.0 cm³/mol. The minimum Gasteiger partial charge on any atom is -0.465 e. The van der Waals surface area contributed by atoms with Crippen molar-refractivity contribution < 1.29 is 18.6 Å². The molecule has 0 fully saturated rings. The Morgan fingerprint density at radius 3 is 2.53 bits per heavy atom. The molecule has 0 amide bonds. The van der Waals surface area contributed by atoms with Gasteiger partial charge in [-0.15, -0.1) is 0 Å². The molecule has 1 atom stereocenters. The van der Waals surface area contributed by atoms with Gasteiger partial charge in [0.15, 0.2) is 0 Å². The Bertz CT molecular complexity index is 414. The van der Waals surface area contributed by atoms with Gasteiger partial charge in [0.2, 0.25) is 7.37 Å². The van der Waals surface area contributed by atoms with Crippen LogP contribution in [0.15, 0.2) is 24.3 Å². The first kappa shape index (κ1) is 12.0. The average molecular weight is 228 g/mol. The SMILES string of the molecule is COC(=O)c1cccc(P(C)(=O)OC)c1. The Hall–Kier alpha value is -1.12. The fourth-order valence-corrected chi connectivity index (χ4v) is 2.05. The Labute approximate surface area is 88.7 Å². The van der Waals surface area contributed by atoms with Crippen molar-refractivity contribution in [2.75, 3.05) is 20.9 Å². The van der Waals surface area contributed by atoms with Gasteiger partial charge < -0.3 is 9.26 Å². The molecule has 1 aromatic rings. The maximum absolute atomic E-state index is 11.9. The van der Waals surface area contributed by atoms with Gasteiger partial charge in [0.05, 0.1) is 12.7 Å². The van der Waals surface area contributed by atoms with Gasteiger partial charge in [-0.05, 0) is 18.2 Å². The fourth-order valence-electron chi connectivity index (χ4n) is 1.11. The van der Waals surface area contributed by atoms with Crippen LogP contribution in [0.1, 0.15) is 10.4 Å². The standard InChI is InChI=1S/C10H13O4P/c1-13-10(11)8-5-4-6-9(7-8)15(3,12)14-2/h4-7H,1-3H3. The van der Waals surface area contributed by atoms with Gasteiger partial charge >= 0.3 is 5.97 Å². The highest BCUT2D eigenvalue weighted by atomic mass is 31.2. The molecule has 4 nitrogen and oxygen atoms in total. The first-order chi connectivity index (χ1) is 7.01. The zero-order chi connectivity index (χ0) is 11.5. The van der Waals surface area contributed by atoms with Crippen molar-refractivity contribution in [3.63, 3.8) is 0 Å². The minimum absolute atomic E-state index is 0.370. The van der Waals surface area contributed by atoms with E-state index in [1.807, 2.05) is 0 Å². The van der Waals surface area contributed by atoms with Gasteiger partial charge in [0.1, 0.15) is 0 Å². The summed E-state index contributed by atoms with van der Waals surface area (Å²) in [6.45, 7) is 1.50. The topological polar surface area (TPSA) is 52.6 Å². The summed E-state index contributed by atoms with van der Waals surface area (Å²) in [5, 5.41) is 0.507. The van der Waals surface area contributed by atoms with E-state index in [1.165, 1.54) is 27.0 Å². The number of ether oxygens (including phenoxy) is 1. The normalized spacial score (nSPS) is 14.3. The summed E-state index contributed by atoms with van der Waals surface area (Å²) in [7, 11) is -0.128.